The average Bonchev–Trinajstić information content (AvgIpc) is 2.87. The highest BCUT2D eigenvalue weighted by Gasteiger charge is 2.21. The van der Waals surface area contributed by atoms with Crippen molar-refractivity contribution in [3.63, 3.8) is 0 Å². The van der Waals surface area contributed by atoms with Crippen LogP contribution in [0.1, 0.15) is 18.1 Å². The maximum absolute atomic E-state index is 12.6. The van der Waals surface area contributed by atoms with Crippen LogP contribution in [0.4, 0.5) is 0 Å². The first-order chi connectivity index (χ1) is 16.8. The van der Waals surface area contributed by atoms with Gasteiger partial charge in [-0.05, 0) is 17.5 Å². The quantitative estimate of drug-likeness (QED) is 0.353. The number of thioether (sulfide) groups is 1. The second-order valence-corrected chi connectivity index (χ2v) is 8.80. The molecule has 0 saturated carbocycles. The Morgan fingerprint density at radius 1 is 0.771 bits per heavy atom. The minimum atomic E-state index is -0.603. The lowest BCUT2D eigenvalue weighted by Gasteiger charge is -2.16. The topological polar surface area (TPSA) is 131 Å². The van der Waals surface area contributed by atoms with Crippen LogP contribution in [0, 0.1) is 5.92 Å². The van der Waals surface area contributed by atoms with Gasteiger partial charge in [0.25, 0.3) is 0 Å². The van der Waals surface area contributed by atoms with E-state index in [0.717, 1.165) is 22.9 Å². The van der Waals surface area contributed by atoms with Crippen molar-refractivity contribution in [1.29, 1.82) is 0 Å². The molecule has 9 nitrogen and oxygen atoms in total. The monoisotopic (exact) mass is 499 g/mol. The van der Waals surface area contributed by atoms with Gasteiger partial charge in [-0.25, -0.2) is 0 Å². The van der Waals surface area contributed by atoms with Crippen LogP contribution in [0.25, 0.3) is 0 Å². The summed E-state index contributed by atoms with van der Waals surface area (Å²) in [6, 6.07) is 18.5. The van der Waals surface area contributed by atoms with Crippen LogP contribution in [-0.2, 0) is 41.7 Å². The predicted molar refractivity (Wildman–Crippen MR) is 132 cm³/mol. The van der Waals surface area contributed by atoms with E-state index in [0.29, 0.717) is 12.2 Å². The van der Waals surface area contributed by atoms with Crippen LogP contribution in [0.15, 0.2) is 60.7 Å². The van der Waals surface area contributed by atoms with E-state index >= 15 is 0 Å². The highest BCUT2D eigenvalue weighted by atomic mass is 32.2. The highest BCUT2D eigenvalue weighted by molar-refractivity contribution is 8.13. The molecule has 0 aliphatic rings. The molecule has 0 saturated heterocycles. The average molecular weight is 500 g/mol. The summed E-state index contributed by atoms with van der Waals surface area (Å²) in [6.45, 7) is 0.536. The minimum Gasteiger partial charge on any atom is -0.460 e. The summed E-state index contributed by atoms with van der Waals surface area (Å²) in [7, 11) is 0. The molecule has 0 fully saturated rings. The third-order valence-electron chi connectivity index (χ3n) is 4.73. The summed E-state index contributed by atoms with van der Waals surface area (Å²) in [5, 5.41) is 7.20. The van der Waals surface area contributed by atoms with Gasteiger partial charge in [-0.15, -0.1) is 0 Å². The fourth-order valence-electron chi connectivity index (χ4n) is 2.92. The summed E-state index contributed by atoms with van der Waals surface area (Å²) >= 11 is 1.05. The maximum atomic E-state index is 12.6. The zero-order valence-corrected chi connectivity index (χ0v) is 20.3. The molecule has 2 rings (SSSR count). The SMILES string of the molecule is CC(=O)SCC(Cc1ccccc1)C(=O)NCC(=O)NCC(=O)NCC(=O)OCc1ccccc1. The number of carbonyl (C=O) groups is 5. The lowest BCUT2D eigenvalue weighted by Crippen LogP contribution is -2.44. The molecule has 3 N–H and O–H groups in total. The molecule has 0 bridgehead atoms. The fraction of sp³-hybridized carbons (Fsp3) is 0.320. The molecular formula is C25H29N3O6S. The standard InChI is InChI=1S/C25H29N3O6S/c1-18(29)35-17-21(12-19-8-4-2-5-9-19)25(33)28-14-23(31)26-13-22(30)27-15-24(32)34-16-20-10-6-3-7-11-20/h2-11,21H,12-17H2,1H3,(H,26,31)(H,27,30)(H,28,33). The van der Waals surface area contributed by atoms with Gasteiger partial charge < -0.3 is 20.7 Å². The molecule has 10 heteroatoms. The predicted octanol–water partition coefficient (Wildman–Crippen LogP) is 1.22. The number of nitrogens with one attached hydrogen (secondary N) is 3. The van der Waals surface area contributed by atoms with E-state index in [-0.39, 0.29) is 37.3 Å². The molecule has 0 spiro atoms. The maximum Gasteiger partial charge on any atom is 0.325 e. The van der Waals surface area contributed by atoms with E-state index < -0.39 is 23.7 Å². The molecule has 1 atom stereocenters. The van der Waals surface area contributed by atoms with Crippen molar-refractivity contribution in [2.45, 2.75) is 20.0 Å². The molecule has 186 valence electrons. The van der Waals surface area contributed by atoms with Crippen LogP contribution in [0.3, 0.4) is 0 Å². The Morgan fingerprint density at radius 2 is 1.31 bits per heavy atom. The van der Waals surface area contributed by atoms with Crippen molar-refractivity contribution >= 4 is 40.6 Å². The van der Waals surface area contributed by atoms with Crippen LogP contribution in [0.5, 0.6) is 0 Å². The molecule has 0 aliphatic heterocycles. The van der Waals surface area contributed by atoms with Gasteiger partial charge in [0, 0.05) is 12.7 Å². The number of rotatable bonds is 13. The van der Waals surface area contributed by atoms with Crippen molar-refractivity contribution in [2.24, 2.45) is 5.92 Å². The Bertz CT molecular complexity index is 1000. The van der Waals surface area contributed by atoms with E-state index in [9.17, 15) is 24.0 Å². The Kier molecular flexibility index (Phi) is 12.0. The van der Waals surface area contributed by atoms with Crippen LogP contribution < -0.4 is 16.0 Å². The smallest absolute Gasteiger partial charge is 0.325 e. The molecule has 1 unspecified atom stereocenters. The van der Waals surface area contributed by atoms with Gasteiger partial charge in [-0.1, -0.05) is 72.4 Å². The molecule has 2 aromatic carbocycles. The number of amides is 3. The van der Waals surface area contributed by atoms with Crippen molar-refractivity contribution in [3.05, 3.63) is 71.8 Å². The van der Waals surface area contributed by atoms with Gasteiger partial charge in [0.2, 0.25) is 17.7 Å². The number of carbonyl (C=O) groups excluding carboxylic acids is 5. The van der Waals surface area contributed by atoms with Crippen molar-refractivity contribution in [1.82, 2.24) is 16.0 Å². The molecule has 35 heavy (non-hydrogen) atoms. The third-order valence-corrected chi connectivity index (χ3v) is 5.70. The van der Waals surface area contributed by atoms with Gasteiger partial charge in [-0.3, -0.25) is 24.0 Å². The third kappa shape index (κ3) is 11.9. The van der Waals surface area contributed by atoms with E-state index in [2.05, 4.69) is 16.0 Å². The zero-order valence-electron chi connectivity index (χ0n) is 19.5. The normalized spacial score (nSPS) is 11.1. The number of esters is 1. The van der Waals surface area contributed by atoms with Crippen molar-refractivity contribution < 1.29 is 28.7 Å². The number of benzene rings is 2. The van der Waals surface area contributed by atoms with Crippen LogP contribution >= 0.6 is 11.8 Å². The Hall–Kier alpha value is -3.66. The molecule has 0 heterocycles. The highest BCUT2D eigenvalue weighted by Crippen LogP contribution is 2.15. The number of hydrogen-bond acceptors (Lipinski definition) is 7. The summed E-state index contributed by atoms with van der Waals surface area (Å²) in [5.74, 6) is -2.29. The first-order valence-electron chi connectivity index (χ1n) is 11.0. The van der Waals surface area contributed by atoms with E-state index in [1.54, 1.807) is 0 Å². The second-order valence-electron chi connectivity index (χ2n) is 7.61. The van der Waals surface area contributed by atoms with Gasteiger partial charge in [-0.2, -0.15) is 0 Å². The molecule has 3 amide bonds. The Balaban J connectivity index is 1.68. The molecular weight excluding hydrogens is 470 g/mol. The van der Waals surface area contributed by atoms with Crippen molar-refractivity contribution in [3.8, 4) is 0 Å². The largest absolute Gasteiger partial charge is 0.460 e. The summed E-state index contributed by atoms with van der Waals surface area (Å²) in [4.78, 5) is 59.6. The van der Waals surface area contributed by atoms with E-state index in [1.165, 1.54) is 6.92 Å². The summed E-state index contributed by atoms with van der Waals surface area (Å²) < 4.78 is 5.06. The van der Waals surface area contributed by atoms with Gasteiger partial charge in [0.05, 0.1) is 19.0 Å². The van der Waals surface area contributed by atoms with Crippen LogP contribution in [-0.4, -0.2) is 54.2 Å². The first kappa shape index (κ1) is 27.6. The van der Waals surface area contributed by atoms with Crippen LogP contribution in [0.2, 0.25) is 0 Å². The molecule has 0 aliphatic carbocycles. The molecule has 2 aromatic rings. The summed E-state index contributed by atoms with van der Waals surface area (Å²) in [6.07, 6.45) is 0.428. The lowest BCUT2D eigenvalue weighted by atomic mass is 10.0. The Labute approximate surface area is 208 Å². The number of hydrogen-bond donors (Lipinski definition) is 3. The van der Waals surface area contributed by atoms with E-state index in [4.69, 9.17) is 4.74 Å². The zero-order chi connectivity index (χ0) is 25.5. The Morgan fingerprint density at radius 3 is 1.91 bits per heavy atom. The van der Waals surface area contributed by atoms with Gasteiger partial charge in [0.1, 0.15) is 13.2 Å². The minimum absolute atomic E-state index is 0.0939. The van der Waals surface area contributed by atoms with Crippen molar-refractivity contribution in [2.75, 3.05) is 25.4 Å². The fourth-order valence-corrected chi connectivity index (χ4v) is 3.62. The van der Waals surface area contributed by atoms with E-state index in [1.807, 2.05) is 60.7 Å². The van der Waals surface area contributed by atoms with Gasteiger partial charge >= 0.3 is 5.97 Å². The molecule has 0 radical (unpaired) electrons. The van der Waals surface area contributed by atoms with Gasteiger partial charge in [0.15, 0.2) is 5.12 Å². The number of ether oxygens (including phenoxy) is 1. The summed E-state index contributed by atoms with van der Waals surface area (Å²) in [5.41, 5.74) is 1.77. The molecule has 0 aromatic heterocycles. The first-order valence-corrected chi connectivity index (χ1v) is 12.0. The lowest BCUT2D eigenvalue weighted by molar-refractivity contribution is -0.145. The second kappa shape index (κ2) is 15.3.